The van der Waals surface area contributed by atoms with Crippen LogP contribution in [0.1, 0.15) is 47.5 Å². The summed E-state index contributed by atoms with van der Waals surface area (Å²) in [5.74, 6) is 1.36. The van der Waals surface area contributed by atoms with Gasteiger partial charge < -0.3 is 15.0 Å². The fraction of sp³-hybridized carbons (Fsp3) is 0.875. The molecule has 0 spiro atoms. The number of carbonyl (C=O) groups excluding carboxylic acids is 2. The van der Waals surface area contributed by atoms with Crippen molar-refractivity contribution in [3.8, 4) is 0 Å². The largest absolute Gasteiger partial charge is 0.444 e. The second kappa shape index (κ2) is 5.50. The molecule has 2 fully saturated rings. The predicted molar refractivity (Wildman–Crippen MR) is 80.8 cm³/mol. The highest BCUT2D eigenvalue weighted by molar-refractivity contribution is 5.82. The summed E-state index contributed by atoms with van der Waals surface area (Å²) in [5, 5.41) is 2.55. The van der Waals surface area contributed by atoms with Gasteiger partial charge in [-0.2, -0.15) is 0 Å². The van der Waals surface area contributed by atoms with Crippen molar-refractivity contribution in [3.05, 3.63) is 0 Å². The number of rotatable bonds is 2. The lowest BCUT2D eigenvalue weighted by Crippen LogP contribution is -2.41. The van der Waals surface area contributed by atoms with Crippen molar-refractivity contribution in [2.45, 2.75) is 53.1 Å². The van der Waals surface area contributed by atoms with Gasteiger partial charge in [-0.1, -0.05) is 13.8 Å². The zero-order valence-electron chi connectivity index (χ0n) is 13.9. The highest BCUT2D eigenvalue weighted by atomic mass is 16.6. The van der Waals surface area contributed by atoms with Gasteiger partial charge in [-0.05, 0) is 50.9 Å². The van der Waals surface area contributed by atoms with Gasteiger partial charge in [0.1, 0.15) is 12.1 Å². The Hall–Kier alpha value is -1.26. The second-order valence-corrected chi connectivity index (χ2v) is 8.03. The maximum Gasteiger partial charge on any atom is 0.408 e. The molecule has 5 heteroatoms. The molecule has 2 aliphatic rings. The van der Waals surface area contributed by atoms with Crippen LogP contribution in [0, 0.1) is 17.3 Å². The normalized spacial score (nSPS) is 32.0. The zero-order valence-corrected chi connectivity index (χ0v) is 13.9. The van der Waals surface area contributed by atoms with Crippen LogP contribution in [0.2, 0.25) is 0 Å². The molecule has 1 heterocycles. The van der Waals surface area contributed by atoms with Crippen molar-refractivity contribution >= 4 is 12.0 Å². The Labute approximate surface area is 127 Å². The highest BCUT2D eigenvalue weighted by Gasteiger charge is 2.49. The van der Waals surface area contributed by atoms with Crippen molar-refractivity contribution in [3.63, 3.8) is 0 Å². The van der Waals surface area contributed by atoms with Crippen molar-refractivity contribution < 1.29 is 14.3 Å². The maximum absolute atomic E-state index is 12.2. The van der Waals surface area contributed by atoms with E-state index in [4.69, 9.17) is 4.74 Å². The number of alkyl carbamates (subject to hydrolysis) is 1. The van der Waals surface area contributed by atoms with Crippen LogP contribution in [0.3, 0.4) is 0 Å². The van der Waals surface area contributed by atoms with Gasteiger partial charge in [0.05, 0.1) is 0 Å². The summed E-state index contributed by atoms with van der Waals surface area (Å²) < 4.78 is 5.14. The molecule has 0 unspecified atom stereocenters. The first-order valence-corrected chi connectivity index (χ1v) is 7.84. The van der Waals surface area contributed by atoms with Crippen LogP contribution < -0.4 is 5.32 Å². The minimum absolute atomic E-state index is 0.0101. The molecule has 2 amide bonds. The van der Waals surface area contributed by atoms with Gasteiger partial charge in [-0.15, -0.1) is 0 Å². The summed E-state index contributed by atoms with van der Waals surface area (Å²) >= 11 is 0. The van der Waals surface area contributed by atoms with Crippen molar-refractivity contribution in [2.75, 3.05) is 19.6 Å². The summed E-state index contributed by atoms with van der Waals surface area (Å²) in [7, 11) is 0. The molecule has 0 aromatic carbocycles. The topological polar surface area (TPSA) is 58.6 Å². The molecular weight excluding hydrogens is 268 g/mol. The average Bonchev–Trinajstić information content (AvgIpc) is 2.73. The molecule has 1 saturated heterocycles. The molecule has 1 aliphatic heterocycles. The van der Waals surface area contributed by atoms with Gasteiger partial charge in [0.25, 0.3) is 0 Å². The minimum Gasteiger partial charge on any atom is -0.444 e. The maximum atomic E-state index is 12.2. The van der Waals surface area contributed by atoms with E-state index in [1.54, 1.807) is 20.8 Å². The molecule has 5 nitrogen and oxygen atoms in total. The monoisotopic (exact) mass is 296 g/mol. The van der Waals surface area contributed by atoms with Crippen LogP contribution >= 0.6 is 0 Å². The minimum atomic E-state index is -0.540. The van der Waals surface area contributed by atoms with E-state index >= 15 is 0 Å². The fourth-order valence-corrected chi connectivity index (χ4v) is 3.84. The first-order chi connectivity index (χ1) is 9.59. The number of nitrogens with one attached hydrogen (secondary N) is 1. The lowest BCUT2D eigenvalue weighted by atomic mass is 9.83. The third kappa shape index (κ3) is 3.89. The molecule has 1 saturated carbocycles. The van der Waals surface area contributed by atoms with E-state index in [1.807, 2.05) is 4.90 Å². The first kappa shape index (κ1) is 16.1. The first-order valence-electron chi connectivity index (χ1n) is 7.84. The Morgan fingerprint density at radius 3 is 2.62 bits per heavy atom. The molecule has 0 aromatic rings. The van der Waals surface area contributed by atoms with E-state index in [9.17, 15) is 9.59 Å². The number of hydrogen-bond donors (Lipinski definition) is 1. The zero-order chi connectivity index (χ0) is 15.8. The third-order valence-corrected chi connectivity index (χ3v) is 4.62. The second-order valence-electron chi connectivity index (χ2n) is 8.03. The standard InChI is InChI=1S/C16H28N2O3/c1-11-6-12-9-18(10-16(12,5)7-11)13(19)8-17-14(20)21-15(2,3)4/h11-12H,6-10H2,1-5H3,(H,17,20)/t11-,12+,16-/m1/s1. The lowest BCUT2D eigenvalue weighted by Gasteiger charge is -2.24. The quantitative estimate of drug-likeness (QED) is 0.851. The molecule has 21 heavy (non-hydrogen) atoms. The smallest absolute Gasteiger partial charge is 0.408 e. The van der Waals surface area contributed by atoms with Crippen LogP contribution in [0.5, 0.6) is 0 Å². The Morgan fingerprint density at radius 2 is 2.05 bits per heavy atom. The van der Waals surface area contributed by atoms with E-state index in [0.717, 1.165) is 19.0 Å². The van der Waals surface area contributed by atoms with Crippen LogP contribution in [0.4, 0.5) is 4.79 Å². The molecule has 1 aliphatic carbocycles. The summed E-state index contributed by atoms with van der Waals surface area (Å²) in [6, 6.07) is 0. The van der Waals surface area contributed by atoms with Crippen LogP contribution in [-0.4, -0.2) is 42.1 Å². The van der Waals surface area contributed by atoms with Gasteiger partial charge in [0.15, 0.2) is 0 Å². The van der Waals surface area contributed by atoms with E-state index < -0.39 is 11.7 Å². The fourth-order valence-electron chi connectivity index (χ4n) is 3.84. The molecule has 1 N–H and O–H groups in total. The molecule has 3 atom stereocenters. The van der Waals surface area contributed by atoms with Gasteiger partial charge in [-0.25, -0.2) is 4.79 Å². The number of amides is 2. The Morgan fingerprint density at radius 1 is 1.38 bits per heavy atom. The highest BCUT2D eigenvalue weighted by Crippen LogP contribution is 2.50. The van der Waals surface area contributed by atoms with E-state index in [0.29, 0.717) is 5.92 Å². The third-order valence-electron chi connectivity index (χ3n) is 4.62. The van der Waals surface area contributed by atoms with Gasteiger partial charge >= 0.3 is 6.09 Å². The van der Waals surface area contributed by atoms with Crippen molar-refractivity contribution in [2.24, 2.45) is 17.3 Å². The summed E-state index contributed by atoms with van der Waals surface area (Å²) in [6.45, 7) is 11.7. The molecule has 120 valence electrons. The van der Waals surface area contributed by atoms with E-state index in [2.05, 4.69) is 19.2 Å². The number of likely N-dealkylation sites (tertiary alicyclic amines) is 1. The molecule has 0 aromatic heterocycles. The molecule has 0 bridgehead atoms. The van der Waals surface area contributed by atoms with E-state index in [-0.39, 0.29) is 17.9 Å². The van der Waals surface area contributed by atoms with Gasteiger partial charge in [0, 0.05) is 13.1 Å². The number of nitrogens with zero attached hydrogens (tertiary/aromatic N) is 1. The SMILES string of the molecule is C[C@@H]1C[C@H]2CN(C(=O)CNC(=O)OC(C)(C)C)C[C@@]2(C)C1. The van der Waals surface area contributed by atoms with E-state index in [1.165, 1.54) is 12.8 Å². The van der Waals surface area contributed by atoms with Crippen molar-refractivity contribution in [1.82, 2.24) is 10.2 Å². The number of hydrogen-bond acceptors (Lipinski definition) is 3. The lowest BCUT2D eigenvalue weighted by molar-refractivity contribution is -0.129. The van der Waals surface area contributed by atoms with Gasteiger partial charge in [0.2, 0.25) is 5.91 Å². The number of ether oxygens (including phenoxy) is 1. The van der Waals surface area contributed by atoms with Gasteiger partial charge in [-0.3, -0.25) is 4.79 Å². The van der Waals surface area contributed by atoms with Crippen LogP contribution in [0.15, 0.2) is 0 Å². The molecule has 0 radical (unpaired) electrons. The Bertz CT molecular complexity index is 430. The van der Waals surface area contributed by atoms with Crippen LogP contribution in [-0.2, 0) is 9.53 Å². The summed E-state index contributed by atoms with van der Waals surface area (Å²) in [5.41, 5.74) is -0.275. The van der Waals surface area contributed by atoms with Crippen LogP contribution in [0.25, 0.3) is 0 Å². The predicted octanol–water partition coefficient (Wildman–Crippen LogP) is 2.41. The Kier molecular flexibility index (Phi) is 4.22. The molecule has 2 rings (SSSR count). The summed E-state index contributed by atoms with van der Waals surface area (Å²) in [4.78, 5) is 25.7. The molecular formula is C16H28N2O3. The average molecular weight is 296 g/mol. The number of fused-ring (bicyclic) bond motifs is 1. The Balaban J connectivity index is 1.80. The van der Waals surface area contributed by atoms with Crippen molar-refractivity contribution in [1.29, 1.82) is 0 Å². The summed E-state index contributed by atoms with van der Waals surface area (Å²) in [6.07, 6.45) is 1.87. The number of carbonyl (C=O) groups is 2.